The largest absolute Gasteiger partial charge is 0.495 e. The third kappa shape index (κ3) is 6.19. The number of amides is 2. The molecule has 10 nitrogen and oxygen atoms in total. The molecule has 2 N–H and O–H groups in total. The number of hydrogen-bond donors (Lipinski definition) is 2. The maximum atomic E-state index is 12.7. The Kier molecular flexibility index (Phi) is 8.79. The number of carbonyl (C=O) groups excluding carboxylic acids is 2. The molecule has 4 rings (SSSR count). The number of ether oxygens (including phenoxy) is 2. The molecule has 3 aromatic rings. The van der Waals surface area contributed by atoms with Gasteiger partial charge in [0.2, 0.25) is 17.8 Å². The maximum absolute atomic E-state index is 12.7. The van der Waals surface area contributed by atoms with Crippen molar-refractivity contribution in [2.45, 2.75) is 12.1 Å². The van der Waals surface area contributed by atoms with E-state index >= 15 is 0 Å². The van der Waals surface area contributed by atoms with Crippen LogP contribution in [0.4, 0.5) is 5.95 Å². The molecule has 2 aromatic carbocycles. The molecule has 206 valence electrons. The van der Waals surface area contributed by atoms with Crippen LogP contribution in [0, 0.1) is 0 Å². The molecule has 39 heavy (non-hydrogen) atoms. The van der Waals surface area contributed by atoms with Gasteiger partial charge in [-0.05, 0) is 37.9 Å². The van der Waals surface area contributed by atoms with Crippen molar-refractivity contribution >= 4 is 51.9 Å². The van der Waals surface area contributed by atoms with Gasteiger partial charge in [-0.15, -0.1) is 0 Å². The van der Waals surface area contributed by atoms with Gasteiger partial charge in [-0.25, -0.2) is 9.97 Å². The van der Waals surface area contributed by atoms with Crippen molar-refractivity contribution in [3.05, 3.63) is 53.2 Å². The fourth-order valence-corrected chi connectivity index (χ4v) is 5.19. The van der Waals surface area contributed by atoms with E-state index in [4.69, 9.17) is 32.7 Å². The number of anilines is 1. The van der Waals surface area contributed by atoms with Crippen LogP contribution >= 0.6 is 23.2 Å². The van der Waals surface area contributed by atoms with Gasteiger partial charge in [-0.3, -0.25) is 9.59 Å². The second kappa shape index (κ2) is 12.1. The molecule has 1 fully saturated rings. The second-order valence-electron chi connectivity index (χ2n) is 9.36. The van der Waals surface area contributed by atoms with Crippen LogP contribution in [0.5, 0.6) is 11.5 Å². The summed E-state index contributed by atoms with van der Waals surface area (Å²) in [5.74, 6) is 0.917. The van der Waals surface area contributed by atoms with Crippen LogP contribution in [0.1, 0.15) is 0 Å². The van der Waals surface area contributed by atoms with Crippen molar-refractivity contribution in [3.63, 3.8) is 0 Å². The topological polar surface area (TPSA) is 109 Å². The van der Waals surface area contributed by atoms with Crippen molar-refractivity contribution in [1.29, 1.82) is 0 Å². The summed E-state index contributed by atoms with van der Waals surface area (Å²) in [5.41, 5.74) is 2.01. The van der Waals surface area contributed by atoms with Crippen LogP contribution in [0.2, 0.25) is 10.0 Å². The Morgan fingerprint density at radius 1 is 1.13 bits per heavy atom. The van der Waals surface area contributed by atoms with E-state index in [2.05, 4.69) is 27.2 Å². The predicted molar refractivity (Wildman–Crippen MR) is 153 cm³/mol. The van der Waals surface area contributed by atoms with E-state index in [-0.39, 0.29) is 30.4 Å². The van der Waals surface area contributed by atoms with Gasteiger partial charge in [0.15, 0.2) is 0 Å². The van der Waals surface area contributed by atoms with E-state index in [9.17, 15) is 9.59 Å². The first-order valence-corrected chi connectivity index (χ1v) is 12.9. The van der Waals surface area contributed by atoms with Gasteiger partial charge in [0.25, 0.3) is 0 Å². The number of aromatic nitrogens is 2. The Labute approximate surface area is 236 Å². The zero-order valence-corrected chi connectivity index (χ0v) is 23.6. The van der Waals surface area contributed by atoms with E-state index in [1.54, 1.807) is 17.2 Å². The number of hydrogen-bond acceptors (Lipinski definition) is 8. The zero-order valence-electron chi connectivity index (χ0n) is 22.1. The summed E-state index contributed by atoms with van der Waals surface area (Å²) in [6.07, 6.45) is 2.90. The summed E-state index contributed by atoms with van der Waals surface area (Å²) in [6.45, 7) is 4.56. The fraction of sp³-hybridized carbons (Fsp3) is 0.333. The standard InChI is InChI=1S/C27H30Cl2N6O4/c1-6-22(36)31-18-12-35(23(37)14-34(2)3)13-19(18)33-27-30-11-16-9-15(7-8-17(16)32-27)24-25(28)20(38-4)10-21(39-5)26(24)29/h6-11,18-19H,1,12-14H2,2-5H3,(H,31,36)(H,30,32,33). The molecule has 2 amide bonds. The Morgan fingerprint density at radius 2 is 1.79 bits per heavy atom. The molecule has 0 saturated carbocycles. The molecule has 1 aliphatic rings. The Balaban J connectivity index is 1.61. The van der Waals surface area contributed by atoms with Crippen molar-refractivity contribution in [1.82, 2.24) is 25.1 Å². The lowest BCUT2D eigenvalue weighted by molar-refractivity contribution is -0.131. The van der Waals surface area contributed by atoms with E-state index in [1.807, 2.05) is 37.2 Å². The monoisotopic (exact) mass is 572 g/mol. The molecule has 0 spiro atoms. The average Bonchev–Trinajstić information content (AvgIpc) is 3.30. The van der Waals surface area contributed by atoms with E-state index in [1.165, 1.54) is 20.3 Å². The minimum Gasteiger partial charge on any atom is -0.495 e. The summed E-state index contributed by atoms with van der Waals surface area (Å²) in [5, 5.41) is 7.68. The number of likely N-dealkylation sites (N-methyl/N-ethyl adjacent to an activating group) is 1. The summed E-state index contributed by atoms with van der Waals surface area (Å²) in [4.78, 5) is 37.4. The van der Waals surface area contributed by atoms with Gasteiger partial charge >= 0.3 is 0 Å². The lowest BCUT2D eigenvalue weighted by atomic mass is 10.0. The number of benzene rings is 2. The fourth-order valence-electron chi connectivity index (χ4n) is 4.48. The number of fused-ring (bicyclic) bond motifs is 1. The molecule has 1 saturated heterocycles. The molecular weight excluding hydrogens is 543 g/mol. The van der Waals surface area contributed by atoms with Gasteiger partial charge < -0.3 is 29.9 Å². The molecule has 0 bridgehead atoms. The van der Waals surface area contributed by atoms with Crippen molar-refractivity contribution < 1.29 is 19.1 Å². The SMILES string of the molecule is C=CC(=O)NC1CN(C(=O)CN(C)C)CC1Nc1ncc2cc(-c3c(Cl)c(OC)cc(OC)c3Cl)ccc2n1. The van der Waals surface area contributed by atoms with E-state index in [0.29, 0.717) is 51.7 Å². The molecule has 2 heterocycles. The van der Waals surface area contributed by atoms with Crippen molar-refractivity contribution in [3.8, 4) is 22.6 Å². The summed E-state index contributed by atoms with van der Waals surface area (Å²) < 4.78 is 10.8. The lowest BCUT2D eigenvalue weighted by Crippen LogP contribution is -2.45. The Morgan fingerprint density at radius 3 is 2.41 bits per heavy atom. The number of rotatable bonds is 9. The molecule has 2 unspecified atom stereocenters. The van der Waals surface area contributed by atoms with Crippen LogP contribution in [0.15, 0.2) is 43.1 Å². The highest BCUT2D eigenvalue weighted by molar-refractivity contribution is 6.41. The highest BCUT2D eigenvalue weighted by atomic mass is 35.5. The van der Waals surface area contributed by atoms with E-state index < -0.39 is 0 Å². The molecule has 1 aliphatic heterocycles. The van der Waals surface area contributed by atoms with Crippen molar-refractivity contribution in [2.75, 3.05) is 53.3 Å². The van der Waals surface area contributed by atoms with Gasteiger partial charge in [-0.1, -0.05) is 35.8 Å². The van der Waals surface area contributed by atoms with Crippen LogP contribution in [-0.4, -0.2) is 91.6 Å². The van der Waals surface area contributed by atoms with Crippen LogP contribution in [-0.2, 0) is 9.59 Å². The Bertz CT molecular complexity index is 1390. The molecule has 0 radical (unpaired) electrons. The third-order valence-electron chi connectivity index (χ3n) is 6.39. The predicted octanol–water partition coefficient (Wildman–Crippen LogP) is 3.48. The minimum atomic E-state index is -0.337. The molecule has 12 heteroatoms. The maximum Gasteiger partial charge on any atom is 0.243 e. The first-order chi connectivity index (χ1) is 18.6. The van der Waals surface area contributed by atoms with Crippen molar-refractivity contribution in [2.24, 2.45) is 0 Å². The van der Waals surface area contributed by atoms with Gasteiger partial charge in [0, 0.05) is 36.3 Å². The second-order valence-corrected chi connectivity index (χ2v) is 10.1. The number of nitrogens with one attached hydrogen (secondary N) is 2. The first-order valence-electron chi connectivity index (χ1n) is 12.1. The van der Waals surface area contributed by atoms with Gasteiger partial charge in [0.1, 0.15) is 11.5 Å². The highest BCUT2D eigenvalue weighted by Gasteiger charge is 2.36. The summed E-state index contributed by atoms with van der Waals surface area (Å²) in [6, 6.07) is 6.59. The van der Waals surface area contributed by atoms with Crippen LogP contribution in [0.3, 0.4) is 0 Å². The summed E-state index contributed by atoms with van der Waals surface area (Å²) >= 11 is 13.2. The van der Waals surface area contributed by atoms with Crippen LogP contribution in [0.25, 0.3) is 22.0 Å². The minimum absolute atomic E-state index is 0.0272. The molecular formula is C27H30Cl2N6O4. The average molecular weight is 573 g/mol. The molecule has 0 aliphatic carbocycles. The van der Waals surface area contributed by atoms with Crippen LogP contribution < -0.4 is 20.1 Å². The van der Waals surface area contributed by atoms with Gasteiger partial charge in [0.05, 0.1) is 48.4 Å². The van der Waals surface area contributed by atoms with E-state index in [0.717, 1.165) is 10.9 Å². The number of methoxy groups -OCH3 is 2. The number of nitrogens with zero attached hydrogens (tertiary/aromatic N) is 4. The molecule has 1 aromatic heterocycles. The quantitative estimate of drug-likeness (QED) is 0.375. The highest BCUT2D eigenvalue weighted by Crippen LogP contribution is 2.46. The number of halogens is 2. The smallest absolute Gasteiger partial charge is 0.243 e. The van der Waals surface area contributed by atoms with Gasteiger partial charge in [-0.2, -0.15) is 0 Å². The number of carbonyl (C=O) groups is 2. The summed E-state index contributed by atoms with van der Waals surface area (Å²) in [7, 11) is 6.72. The zero-order chi connectivity index (χ0) is 28.3. The first kappa shape index (κ1) is 28.4. The lowest BCUT2D eigenvalue weighted by Gasteiger charge is -2.20. The Hall–Kier alpha value is -3.60. The normalized spacial score (nSPS) is 16.8. The number of likely N-dealkylation sites (tertiary alicyclic amines) is 1. The third-order valence-corrected chi connectivity index (χ3v) is 7.14. The molecule has 2 atom stereocenters.